The van der Waals surface area contributed by atoms with E-state index in [0.29, 0.717) is 0 Å². The van der Waals surface area contributed by atoms with E-state index in [1.165, 1.54) is 0 Å². The maximum atomic E-state index is 9.23. The fourth-order valence-electron chi connectivity index (χ4n) is 1.80. The fourth-order valence-corrected chi connectivity index (χ4v) is 1.80. The number of rotatable bonds is 2. The summed E-state index contributed by atoms with van der Waals surface area (Å²) in [6.07, 6.45) is 1.76. The van der Waals surface area contributed by atoms with Gasteiger partial charge in [0.2, 0.25) is 0 Å². The quantitative estimate of drug-likeness (QED) is 0.805. The average molecular weight is 208 g/mol. The smallest absolute Gasteiger partial charge is 0.129 e. The van der Waals surface area contributed by atoms with Crippen LogP contribution >= 0.6 is 0 Å². The lowest BCUT2D eigenvalue weighted by molar-refractivity contribution is 0.00801. The summed E-state index contributed by atoms with van der Waals surface area (Å²) in [7, 11) is 1.66. The molecule has 1 atom stereocenters. The molecule has 1 aliphatic rings. The molecule has 0 radical (unpaired) electrons. The largest absolute Gasteiger partial charge is 0.497 e. The highest BCUT2D eigenvalue weighted by atomic mass is 16.5. The topological polar surface area (TPSA) is 38.7 Å². The van der Waals surface area contributed by atoms with Gasteiger partial charge in [0, 0.05) is 0 Å². The maximum absolute atomic E-state index is 9.23. The molecule has 1 aromatic carbocycles. The first-order valence-electron chi connectivity index (χ1n) is 5.14. The Balaban J connectivity index is 2.28. The van der Waals surface area contributed by atoms with Gasteiger partial charge in [-0.15, -0.1) is 0 Å². The molecule has 1 aromatic rings. The summed E-state index contributed by atoms with van der Waals surface area (Å²) < 4.78 is 10.9. The maximum Gasteiger partial charge on any atom is 0.129 e. The summed E-state index contributed by atoms with van der Waals surface area (Å²) >= 11 is 0. The van der Waals surface area contributed by atoms with Crippen molar-refractivity contribution in [2.45, 2.75) is 25.4 Å². The zero-order valence-electron chi connectivity index (χ0n) is 9.12. The summed E-state index contributed by atoms with van der Waals surface area (Å²) in [5.74, 6) is 1.71. The third-order valence-corrected chi connectivity index (χ3v) is 2.88. The van der Waals surface area contributed by atoms with Crippen molar-refractivity contribution >= 4 is 0 Å². The lowest BCUT2D eigenvalue weighted by atomic mass is 9.93. The molecule has 3 nitrogen and oxygen atoms in total. The minimum Gasteiger partial charge on any atom is -0.497 e. The molecule has 2 rings (SSSR count). The van der Waals surface area contributed by atoms with Crippen molar-refractivity contribution in [3.05, 3.63) is 23.8 Å². The number of hydrogen-bond donors (Lipinski definition) is 1. The second-order valence-corrected chi connectivity index (χ2v) is 4.18. The Morgan fingerprint density at radius 3 is 3.00 bits per heavy atom. The first-order valence-corrected chi connectivity index (χ1v) is 5.14. The SMILES string of the molecule is COc1ccc2c(c1)CC[C@](C)(CO)O2. The van der Waals surface area contributed by atoms with E-state index >= 15 is 0 Å². The van der Waals surface area contributed by atoms with E-state index in [1.54, 1.807) is 7.11 Å². The van der Waals surface area contributed by atoms with E-state index in [0.717, 1.165) is 29.9 Å². The van der Waals surface area contributed by atoms with Crippen molar-refractivity contribution in [3.8, 4) is 11.5 Å². The number of fused-ring (bicyclic) bond motifs is 1. The van der Waals surface area contributed by atoms with Crippen molar-refractivity contribution in [1.29, 1.82) is 0 Å². The number of benzene rings is 1. The number of methoxy groups -OCH3 is 1. The number of aliphatic hydroxyl groups excluding tert-OH is 1. The molecule has 0 saturated carbocycles. The zero-order valence-corrected chi connectivity index (χ0v) is 9.12. The second-order valence-electron chi connectivity index (χ2n) is 4.18. The summed E-state index contributed by atoms with van der Waals surface area (Å²) in [6.45, 7) is 1.98. The molecule has 3 heteroatoms. The third-order valence-electron chi connectivity index (χ3n) is 2.88. The Labute approximate surface area is 89.6 Å². The summed E-state index contributed by atoms with van der Waals surface area (Å²) in [6, 6.07) is 5.77. The van der Waals surface area contributed by atoms with E-state index < -0.39 is 5.60 Å². The first kappa shape index (κ1) is 10.3. The number of aliphatic hydroxyl groups is 1. The van der Waals surface area contributed by atoms with Crippen LogP contribution in [0.1, 0.15) is 18.9 Å². The highest BCUT2D eigenvalue weighted by molar-refractivity contribution is 5.42. The molecule has 0 saturated heterocycles. The lowest BCUT2D eigenvalue weighted by Gasteiger charge is -2.34. The highest BCUT2D eigenvalue weighted by Crippen LogP contribution is 2.34. The second kappa shape index (κ2) is 3.74. The van der Waals surface area contributed by atoms with Crippen LogP contribution in [0, 0.1) is 0 Å². The van der Waals surface area contributed by atoms with Gasteiger partial charge in [0.25, 0.3) is 0 Å². The molecule has 15 heavy (non-hydrogen) atoms. The summed E-state index contributed by atoms with van der Waals surface area (Å²) in [5, 5.41) is 9.23. The van der Waals surface area contributed by atoms with E-state index in [9.17, 15) is 5.11 Å². The van der Waals surface area contributed by atoms with Gasteiger partial charge >= 0.3 is 0 Å². The minimum atomic E-state index is -0.429. The van der Waals surface area contributed by atoms with Gasteiger partial charge in [-0.3, -0.25) is 0 Å². The minimum absolute atomic E-state index is 0.0540. The van der Waals surface area contributed by atoms with Gasteiger partial charge in [-0.1, -0.05) is 0 Å². The Hall–Kier alpha value is -1.22. The molecule has 0 aromatic heterocycles. The van der Waals surface area contributed by atoms with Crippen molar-refractivity contribution in [3.63, 3.8) is 0 Å². The van der Waals surface area contributed by atoms with Crippen molar-refractivity contribution in [2.75, 3.05) is 13.7 Å². The van der Waals surface area contributed by atoms with Crippen LogP contribution in [0.4, 0.5) is 0 Å². The molecular formula is C12H16O3. The molecule has 0 unspecified atom stereocenters. The van der Waals surface area contributed by atoms with Gasteiger partial charge < -0.3 is 14.6 Å². The summed E-state index contributed by atoms with van der Waals surface area (Å²) in [5.41, 5.74) is 0.724. The fraction of sp³-hybridized carbons (Fsp3) is 0.500. The molecule has 82 valence electrons. The summed E-state index contributed by atoms with van der Waals surface area (Å²) in [4.78, 5) is 0. The van der Waals surface area contributed by atoms with E-state index in [1.807, 2.05) is 25.1 Å². The van der Waals surface area contributed by atoms with Crippen LogP contribution in [0.25, 0.3) is 0 Å². The van der Waals surface area contributed by atoms with Crippen LogP contribution in [0.2, 0.25) is 0 Å². The molecule has 1 aliphatic heterocycles. The predicted molar refractivity (Wildman–Crippen MR) is 57.4 cm³/mol. The lowest BCUT2D eigenvalue weighted by Crippen LogP contribution is -2.39. The van der Waals surface area contributed by atoms with Crippen LogP contribution in [0.15, 0.2) is 18.2 Å². The molecule has 1 heterocycles. The Bertz CT molecular complexity index is 362. The third kappa shape index (κ3) is 1.92. The van der Waals surface area contributed by atoms with Crippen molar-refractivity contribution in [1.82, 2.24) is 0 Å². The van der Waals surface area contributed by atoms with Gasteiger partial charge in [0.15, 0.2) is 0 Å². The molecule has 0 bridgehead atoms. The Morgan fingerprint density at radius 1 is 1.53 bits per heavy atom. The average Bonchev–Trinajstić information content (AvgIpc) is 2.28. The standard InChI is InChI=1S/C12H16O3/c1-12(8-13)6-5-9-7-10(14-2)3-4-11(9)15-12/h3-4,7,13H,5-6,8H2,1-2H3/t12-/m1/s1. The molecule has 0 aliphatic carbocycles. The normalized spacial score (nSPS) is 24.2. The molecule has 0 amide bonds. The van der Waals surface area contributed by atoms with Crippen molar-refractivity contribution < 1.29 is 14.6 Å². The molecule has 0 fully saturated rings. The van der Waals surface area contributed by atoms with Gasteiger partial charge in [0.1, 0.15) is 17.1 Å². The monoisotopic (exact) mass is 208 g/mol. The van der Waals surface area contributed by atoms with Crippen molar-refractivity contribution in [2.24, 2.45) is 0 Å². The first-order chi connectivity index (χ1) is 7.17. The van der Waals surface area contributed by atoms with Gasteiger partial charge in [-0.25, -0.2) is 0 Å². The number of ether oxygens (including phenoxy) is 2. The van der Waals surface area contributed by atoms with E-state index in [2.05, 4.69) is 0 Å². The van der Waals surface area contributed by atoms with E-state index in [4.69, 9.17) is 9.47 Å². The van der Waals surface area contributed by atoms with Gasteiger partial charge in [-0.2, -0.15) is 0 Å². The van der Waals surface area contributed by atoms with Crippen LogP contribution in [-0.4, -0.2) is 24.4 Å². The zero-order chi connectivity index (χ0) is 10.9. The Kier molecular flexibility index (Phi) is 2.57. The van der Waals surface area contributed by atoms with Crippen LogP contribution in [0.3, 0.4) is 0 Å². The van der Waals surface area contributed by atoms with Gasteiger partial charge in [0.05, 0.1) is 13.7 Å². The highest BCUT2D eigenvalue weighted by Gasteiger charge is 2.30. The molecule has 1 N–H and O–H groups in total. The van der Waals surface area contributed by atoms with E-state index in [-0.39, 0.29) is 6.61 Å². The van der Waals surface area contributed by atoms with Gasteiger partial charge in [-0.05, 0) is 43.5 Å². The number of hydrogen-bond acceptors (Lipinski definition) is 3. The van der Waals surface area contributed by atoms with Crippen LogP contribution in [-0.2, 0) is 6.42 Å². The number of aryl methyl sites for hydroxylation is 1. The predicted octanol–water partition coefficient (Wildman–Crippen LogP) is 1.77. The van der Waals surface area contributed by atoms with Crippen LogP contribution < -0.4 is 9.47 Å². The molecular weight excluding hydrogens is 192 g/mol. The Morgan fingerprint density at radius 2 is 2.33 bits per heavy atom. The van der Waals surface area contributed by atoms with Crippen LogP contribution in [0.5, 0.6) is 11.5 Å². The molecule has 0 spiro atoms.